The van der Waals surface area contributed by atoms with Gasteiger partial charge in [-0.25, -0.2) is 0 Å². The van der Waals surface area contributed by atoms with Gasteiger partial charge < -0.3 is 24.8 Å². The van der Waals surface area contributed by atoms with E-state index in [1.54, 1.807) is 5.19 Å². The number of benzene rings is 1. The van der Waals surface area contributed by atoms with Gasteiger partial charge in [-0.15, -0.1) is 0 Å². The fraction of sp³-hybridized carbons (Fsp3) is 0.143. The van der Waals surface area contributed by atoms with Crippen LogP contribution in [-0.2, 0) is 26.2 Å². The summed E-state index contributed by atoms with van der Waals surface area (Å²) in [5, 5.41) is 1.55. The normalized spacial score (nSPS) is 7.73. The van der Waals surface area contributed by atoms with E-state index in [9.17, 15) is 0 Å². The van der Waals surface area contributed by atoms with Crippen LogP contribution in [0, 0.1) is 0 Å². The van der Waals surface area contributed by atoms with Crippen molar-refractivity contribution in [2.24, 2.45) is 0 Å². The molecule has 0 saturated carbocycles. The van der Waals surface area contributed by atoms with Crippen LogP contribution in [0.3, 0.4) is 0 Å². The first-order valence-corrected chi connectivity index (χ1v) is 5.09. The van der Waals surface area contributed by atoms with Crippen molar-refractivity contribution in [3.63, 3.8) is 0 Å². The average Bonchev–Trinajstić information content (AvgIpc) is 1.90. The van der Waals surface area contributed by atoms with Gasteiger partial charge in [0.1, 0.15) is 0 Å². The van der Waals surface area contributed by atoms with Gasteiger partial charge in [0.2, 0.25) is 0 Å². The van der Waals surface area contributed by atoms with Crippen molar-refractivity contribution < 1.29 is 51.0 Å². The van der Waals surface area contributed by atoms with E-state index in [4.69, 9.17) is 0 Å². The quantitative estimate of drug-likeness (QED) is 0.452. The van der Waals surface area contributed by atoms with Crippen LogP contribution in [-0.4, -0.2) is 9.52 Å². The van der Waals surface area contributed by atoms with Gasteiger partial charge >= 0.3 is 26.2 Å². The average molecular weight is 284 g/mol. The molecule has 0 saturated heterocycles. The predicted octanol–water partition coefficient (Wildman–Crippen LogP) is -5.47. The van der Waals surface area contributed by atoms with Crippen LogP contribution in [0.25, 0.3) is 0 Å². The molecule has 0 atom stereocenters. The molecule has 0 heterocycles. The zero-order valence-corrected chi connectivity index (χ0v) is 11.7. The molecule has 0 bridgehead atoms. The monoisotopic (exact) mass is 282 g/mol. The molecule has 0 N–H and O–H groups in total. The first kappa shape index (κ1) is 17.8. The summed E-state index contributed by atoms with van der Waals surface area (Å²) in [5.74, 6) is 0. The maximum Gasteiger partial charge on any atom is 2.00 e. The molecule has 0 unspecified atom stereocenters. The second-order valence-corrected chi connectivity index (χ2v) is 3.36. The topological polar surface area (TPSA) is 0 Å². The summed E-state index contributed by atoms with van der Waals surface area (Å²) in [6.07, 6.45) is 0. The molecule has 0 amide bonds. The fourth-order valence-corrected chi connectivity index (χ4v) is 1.46. The third kappa shape index (κ3) is 7.27. The van der Waals surface area contributed by atoms with Gasteiger partial charge in [0.05, 0.1) is 9.52 Å². The minimum atomic E-state index is 0. The van der Waals surface area contributed by atoms with E-state index in [1.807, 2.05) is 0 Å². The molecule has 4 heteroatoms. The summed E-state index contributed by atoms with van der Waals surface area (Å²) in [4.78, 5) is 0. The van der Waals surface area contributed by atoms with Crippen LogP contribution >= 0.6 is 0 Å². The Morgan fingerprint density at radius 3 is 1.73 bits per heavy atom. The van der Waals surface area contributed by atoms with E-state index in [-0.39, 0.29) is 60.5 Å². The molecule has 0 spiro atoms. The molecule has 0 aliphatic rings. The largest absolute Gasteiger partial charge is 2.00 e. The maximum absolute atomic E-state index is 2.30. The molecular weight excluding hydrogens is 274 g/mol. The molecule has 0 radical (unpaired) electrons. The molecule has 11 heavy (non-hydrogen) atoms. The minimum Gasteiger partial charge on any atom is -1.00 e. The van der Waals surface area contributed by atoms with Gasteiger partial charge in [-0.2, -0.15) is 0 Å². The Hall–Kier alpha value is 0.900. The van der Waals surface area contributed by atoms with E-state index >= 15 is 0 Å². The Morgan fingerprint density at radius 2 is 1.45 bits per heavy atom. The molecule has 0 aromatic heterocycles. The summed E-state index contributed by atoms with van der Waals surface area (Å²) < 4.78 is 0. The van der Waals surface area contributed by atoms with Crippen molar-refractivity contribution in [3.8, 4) is 0 Å². The van der Waals surface area contributed by atoms with Crippen molar-refractivity contribution in [2.45, 2.75) is 6.55 Å². The zero-order chi connectivity index (χ0) is 5.82. The molecule has 1 aromatic carbocycles. The van der Waals surface area contributed by atoms with Gasteiger partial charge in [-0.3, -0.25) is 0 Å². The summed E-state index contributed by atoms with van der Waals surface area (Å²) in [5.41, 5.74) is 0. The molecule has 1 aromatic rings. The van der Waals surface area contributed by atoms with Gasteiger partial charge in [-0.05, 0) is 0 Å². The minimum absolute atomic E-state index is 0. The molecular formula is C7H10Cl2SiZr. The van der Waals surface area contributed by atoms with Crippen molar-refractivity contribution in [1.29, 1.82) is 0 Å². The summed E-state index contributed by atoms with van der Waals surface area (Å²) in [7, 11) is 0.0913. The van der Waals surface area contributed by atoms with Crippen molar-refractivity contribution in [2.75, 3.05) is 0 Å². The number of hydrogen-bond acceptors (Lipinski definition) is 0. The van der Waals surface area contributed by atoms with Gasteiger partial charge in [0.15, 0.2) is 0 Å². The Balaban J connectivity index is -0.000000213. The SMILES string of the molecule is C[SiH2]c1ccccc1.[Cl-].[Cl-].[Zr+2]. The smallest absolute Gasteiger partial charge is 1.00 e. The van der Waals surface area contributed by atoms with Gasteiger partial charge in [0, 0.05) is 0 Å². The standard InChI is InChI=1S/C7H10Si.2ClH.Zr/c1-8-7-5-3-2-4-6-7;;;/h2-6H,8H2,1H3;2*1H;/q;;;+2/p-2. The molecule has 60 valence electrons. The van der Waals surface area contributed by atoms with Crippen molar-refractivity contribution in [3.05, 3.63) is 30.3 Å². The van der Waals surface area contributed by atoms with E-state index in [2.05, 4.69) is 36.9 Å². The third-order valence-electron chi connectivity index (χ3n) is 1.25. The predicted molar refractivity (Wildman–Crippen MR) is 40.5 cm³/mol. The summed E-state index contributed by atoms with van der Waals surface area (Å²) >= 11 is 0. The Bertz CT molecular complexity index is 158. The molecule has 0 fully saturated rings. The molecule has 0 aliphatic carbocycles. The van der Waals surface area contributed by atoms with E-state index in [0.717, 1.165) is 0 Å². The second-order valence-electron chi connectivity index (χ2n) is 1.84. The number of hydrogen-bond donors (Lipinski definition) is 0. The number of rotatable bonds is 1. The van der Waals surface area contributed by atoms with Crippen LogP contribution in [0.4, 0.5) is 0 Å². The van der Waals surface area contributed by atoms with Crippen molar-refractivity contribution in [1.82, 2.24) is 0 Å². The third-order valence-corrected chi connectivity index (χ3v) is 2.54. The molecule has 0 aliphatic heterocycles. The first-order chi connectivity index (χ1) is 3.93. The maximum atomic E-state index is 2.30. The molecule has 1 rings (SSSR count). The van der Waals surface area contributed by atoms with Gasteiger partial charge in [-0.1, -0.05) is 42.1 Å². The Labute approximate surface area is 102 Å². The first-order valence-electron chi connectivity index (χ1n) is 2.97. The van der Waals surface area contributed by atoms with Crippen LogP contribution in [0.5, 0.6) is 0 Å². The van der Waals surface area contributed by atoms with Crippen molar-refractivity contribution >= 4 is 14.7 Å². The fourth-order valence-electron chi connectivity index (χ4n) is 0.714. The summed E-state index contributed by atoms with van der Waals surface area (Å²) in [6, 6.07) is 10.7. The van der Waals surface area contributed by atoms with Gasteiger partial charge in [0.25, 0.3) is 0 Å². The Kier molecular flexibility index (Phi) is 17.7. The Morgan fingerprint density at radius 1 is 1.00 bits per heavy atom. The van der Waals surface area contributed by atoms with E-state index in [0.29, 0.717) is 0 Å². The second kappa shape index (κ2) is 10.9. The summed E-state index contributed by atoms with van der Waals surface area (Å²) in [6.45, 7) is 2.30. The zero-order valence-electron chi connectivity index (χ0n) is 6.35. The van der Waals surface area contributed by atoms with Crippen LogP contribution in [0.15, 0.2) is 30.3 Å². The number of halogens is 2. The molecule has 0 nitrogen and oxygen atoms in total. The van der Waals surface area contributed by atoms with E-state index in [1.165, 1.54) is 0 Å². The van der Waals surface area contributed by atoms with Crippen LogP contribution in [0.1, 0.15) is 0 Å². The van der Waals surface area contributed by atoms with E-state index < -0.39 is 0 Å². The van der Waals surface area contributed by atoms with Crippen LogP contribution in [0.2, 0.25) is 6.55 Å². The van der Waals surface area contributed by atoms with Crippen LogP contribution < -0.4 is 30.0 Å².